The first-order valence-electron chi connectivity index (χ1n) is 7.32. The Labute approximate surface area is 128 Å². The Hall–Kier alpha value is -1.27. The lowest BCUT2D eigenvalue weighted by Gasteiger charge is -2.24. The van der Waals surface area contributed by atoms with Crippen LogP contribution in [0.3, 0.4) is 0 Å². The molecule has 6 heteroatoms. The molecule has 1 rings (SSSR count). The Morgan fingerprint density at radius 3 is 2.33 bits per heavy atom. The third kappa shape index (κ3) is 6.35. The van der Waals surface area contributed by atoms with Gasteiger partial charge < -0.3 is 15.4 Å². The smallest absolute Gasteiger partial charge is 0.152 e. The molecule has 0 amide bonds. The number of nitrogens with zero attached hydrogens (tertiary/aromatic N) is 1. The lowest BCUT2D eigenvalue weighted by molar-refractivity contribution is 0.415. The highest BCUT2D eigenvalue weighted by molar-refractivity contribution is 7.91. The molecule has 0 heterocycles. The zero-order chi connectivity index (χ0) is 15.7. The van der Waals surface area contributed by atoms with Crippen LogP contribution >= 0.6 is 0 Å². The minimum absolute atomic E-state index is 0.178. The molecule has 0 fully saturated rings. The topological polar surface area (TPSA) is 72.6 Å². The van der Waals surface area contributed by atoms with Gasteiger partial charge in [-0.3, -0.25) is 0 Å². The van der Waals surface area contributed by atoms with Crippen molar-refractivity contribution in [3.8, 4) is 5.75 Å². The lowest BCUT2D eigenvalue weighted by atomic mass is 10.2. The van der Waals surface area contributed by atoms with Crippen LogP contribution in [0.15, 0.2) is 24.3 Å². The molecule has 0 atom stereocenters. The molecule has 21 heavy (non-hydrogen) atoms. The van der Waals surface area contributed by atoms with Crippen molar-refractivity contribution in [2.24, 2.45) is 5.73 Å². The maximum Gasteiger partial charge on any atom is 0.152 e. The van der Waals surface area contributed by atoms with E-state index in [9.17, 15) is 8.42 Å². The summed E-state index contributed by atoms with van der Waals surface area (Å²) < 4.78 is 28.9. The SMILES string of the molecule is CCCS(=O)(=O)CCN(CCCN)c1ccc(OC)cc1. The van der Waals surface area contributed by atoms with E-state index in [-0.39, 0.29) is 11.5 Å². The summed E-state index contributed by atoms with van der Waals surface area (Å²) in [6.07, 6.45) is 1.49. The first-order valence-corrected chi connectivity index (χ1v) is 9.14. The van der Waals surface area contributed by atoms with Crippen LogP contribution in [0, 0.1) is 0 Å². The third-order valence-corrected chi connectivity index (χ3v) is 5.09. The Morgan fingerprint density at radius 2 is 1.81 bits per heavy atom. The predicted octanol–water partition coefficient (Wildman–Crippen LogP) is 1.68. The standard InChI is InChI=1S/C15H26N2O3S/c1-3-12-21(18,19)13-11-17(10-4-9-16)14-5-7-15(20-2)8-6-14/h5-8H,3-4,9-13,16H2,1-2H3. The highest BCUT2D eigenvalue weighted by Gasteiger charge is 2.13. The molecule has 0 radical (unpaired) electrons. The Bertz CT molecular complexity index is 500. The van der Waals surface area contributed by atoms with E-state index < -0.39 is 9.84 Å². The van der Waals surface area contributed by atoms with Crippen molar-refractivity contribution in [2.75, 3.05) is 43.1 Å². The van der Waals surface area contributed by atoms with Crippen LogP contribution < -0.4 is 15.4 Å². The van der Waals surface area contributed by atoms with E-state index in [1.54, 1.807) is 7.11 Å². The number of ether oxygens (including phenoxy) is 1. The molecule has 0 aliphatic heterocycles. The quantitative estimate of drug-likeness (QED) is 0.711. The van der Waals surface area contributed by atoms with Gasteiger partial charge in [0.15, 0.2) is 9.84 Å². The fraction of sp³-hybridized carbons (Fsp3) is 0.600. The largest absolute Gasteiger partial charge is 0.497 e. The van der Waals surface area contributed by atoms with E-state index in [1.807, 2.05) is 31.2 Å². The molecule has 0 saturated heterocycles. The van der Waals surface area contributed by atoms with Crippen molar-refractivity contribution in [2.45, 2.75) is 19.8 Å². The second kappa shape index (κ2) is 8.89. The monoisotopic (exact) mass is 314 g/mol. The molecule has 1 aromatic carbocycles. The summed E-state index contributed by atoms with van der Waals surface area (Å²) in [5.74, 6) is 1.22. The van der Waals surface area contributed by atoms with Crippen LogP contribution in [0.25, 0.3) is 0 Å². The third-order valence-electron chi connectivity index (χ3n) is 3.26. The van der Waals surface area contributed by atoms with E-state index in [2.05, 4.69) is 4.90 Å². The normalized spacial score (nSPS) is 11.4. The number of methoxy groups -OCH3 is 1. The summed E-state index contributed by atoms with van der Waals surface area (Å²) in [5.41, 5.74) is 6.56. The predicted molar refractivity (Wildman–Crippen MR) is 87.8 cm³/mol. The molecule has 5 nitrogen and oxygen atoms in total. The average Bonchev–Trinajstić information content (AvgIpc) is 2.47. The van der Waals surface area contributed by atoms with Crippen LogP contribution in [-0.4, -0.2) is 46.7 Å². The van der Waals surface area contributed by atoms with Gasteiger partial charge in [-0.25, -0.2) is 8.42 Å². The maximum atomic E-state index is 11.9. The van der Waals surface area contributed by atoms with Crippen molar-refractivity contribution in [1.29, 1.82) is 0 Å². The van der Waals surface area contributed by atoms with Gasteiger partial charge in [0, 0.05) is 24.5 Å². The fourth-order valence-electron chi connectivity index (χ4n) is 2.11. The minimum Gasteiger partial charge on any atom is -0.497 e. The van der Waals surface area contributed by atoms with Gasteiger partial charge in [0.25, 0.3) is 0 Å². The van der Waals surface area contributed by atoms with Crippen molar-refractivity contribution in [1.82, 2.24) is 0 Å². The number of nitrogens with two attached hydrogens (primary N) is 1. The number of hydrogen-bond acceptors (Lipinski definition) is 5. The molecular weight excluding hydrogens is 288 g/mol. The maximum absolute atomic E-state index is 11.9. The van der Waals surface area contributed by atoms with Gasteiger partial charge in [0.2, 0.25) is 0 Å². The number of benzene rings is 1. The van der Waals surface area contributed by atoms with Crippen molar-refractivity contribution in [3.63, 3.8) is 0 Å². The van der Waals surface area contributed by atoms with Crippen LogP contribution in [0.1, 0.15) is 19.8 Å². The molecular formula is C15H26N2O3S. The molecule has 0 spiro atoms. The van der Waals surface area contributed by atoms with Crippen LogP contribution in [0.2, 0.25) is 0 Å². The molecule has 0 unspecified atom stereocenters. The molecule has 2 N–H and O–H groups in total. The molecule has 120 valence electrons. The number of sulfone groups is 1. The number of anilines is 1. The zero-order valence-electron chi connectivity index (χ0n) is 12.9. The molecule has 1 aromatic rings. The van der Waals surface area contributed by atoms with E-state index >= 15 is 0 Å². The van der Waals surface area contributed by atoms with Gasteiger partial charge in [-0.2, -0.15) is 0 Å². The summed E-state index contributed by atoms with van der Waals surface area (Å²) in [5, 5.41) is 0. The van der Waals surface area contributed by atoms with Crippen LogP contribution in [0.4, 0.5) is 5.69 Å². The summed E-state index contributed by atoms with van der Waals surface area (Å²) in [4.78, 5) is 2.07. The first-order chi connectivity index (χ1) is 10.0. The van der Waals surface area contributed by atoms with E-state index in [0.717, 1.165) is 24.4 Å². The molecule has 0 aromatic heterocycles. The second-order valence-electron chi connectivity index (χ2n) is 4.98. The molecule has 0 bridgehead atoms. The highest BCUT2D eigenvalue weighted by Crippen LogP contribution is 2.19. The van der Waals surface area contributed by atoms with E-state index in [1.165, 1.54) is 0 Å². The zero-order valence-corrected chi connectivity index (χ0v) is 13.7. The summed E-state index contributed by atoms with van der Waals surface area (Å²) >= 11 is 0. The van der Waals surface area contributed by atoms with Crippen LogP contribution in [0.5, 0.6) is 5.75 Å². The highest BCUT2D eigenvalue weighted by atomic mass is 32.2. The Balaban J connectivity index is 2.74. The van der Waals surface area contributed by atoms with Gasteiger partial charge in [-0.15, -0.1) is 0 Å². The van der Waals surface area contributed by atoms with Gasteiger partial charge in [-0.1, -0.05) is 6.92 Å². The van der Waals surface area contributed by atoms with Crippen molar-refractivity contribution < 1.29 is 13.2 Å². The van der Waals surface area contributed by atoms with Gasteiger partial charge in [0.05, 0.1) is 12.9 Å². The Kier molecular flexibility index (Phi) is 7.53. The van der Waals surface area contributed by atoms with Crippen LogP contribution in [-0.2, 0) is 9.84 Å². The summed E-state index contributed by atoms with van der Waals surface area (Å²) in [6.45, 7) is 3.72. The minimum atomic E-state index is -2.97. The van der Waals surface area contributed by atoms with Gasteiger partial charge in [0.1, 0.15) is 5.75 Å². The van der Waals surface area contributed by atoms with Gasteiger partial charge >= 0.3 is 0 Å². The van der Waals surface area contributed by atoms with E-state index in [0.29, 0.717) is 19.5 Å². The van der Waals surface area contributed by atoms with E-state index in [4.69, 9.17) is 10.5 Å². The summed E-state index contributed by atoms with van der Waals surface area (Å²) in [7, 11) is -1.35. The second-order valence-corrected chi connectivity index (χ2v) is 7.28. The molecule has 0 aliphatic carbocycles. The summed E-state index contributed by atoms with van der Waals surface area (Å²) in [6, 6.07) is 7.65. The van der Waals surface area contributed by atoms with Crippen molar-refractivity contribution in [3.05, 3.63) is 24.3 Å². The molecule has 0 saturated carbocycles. The molecule has 0 aliphatic rings. The first kappa shape index (κ1) is 17.8. The lowest BCUT2D eigenvalue weighted by Crippen LogP contribution is -2.32. The number of rotatable bonds is 10. The average molecular weight is 314 g/mol. The van der Waals surface area contributed by atoms with Crippen molar-refractivity contribution >= 4 is 15.5 Å². The Morgan fingerprint density at radius 1 is 1.14 bits per heavy atom. The number of hydrogen-bond donors (Lipinski definition) is 1. The fourth-order valence-corrected chi connectivity index (χ4v) is 3.43. The van der Waals surface area contributed by atoms with Gasteiger partial charge in [-0.05, 0) is 43.7 Å².